The summed E-state index contributed by atoms with van der Waals surface area (Å²) in [5, 5.41) is 0. The van der Waals surface area contributed by atoms with E-state index in [1.807, 2.05) is 18.7 Å². The molecule has 0 aliphatic carbocycles. The number of amides is 1. The zero-order chi connectivity index (χ0) is 18.8. The second-order valence-electron chi connectivity index (χ2n) is 8.69. The second-order valence-corrected chi connectivity index (χ2v) is 8.69. The van der Waals surface area contributed by atoms with Crippen LogP contribution in [0, 0.1) is 5.92 Å². The van der Waals surface area contributed by atoms with Crippen LogP contribution in [-0.2, 0) is 10.2 Å². The predicted octanol–water partition coefficient (Wildman–Crippen LogP) is 3.59. The maximum absolute atomic E-state index is 12.3. The molecule has 0 atom stereocenters. The summed E-state index contributed by atoms with van der Waals surface area (Å²) in [6.07, 6.45) is 0.977. The summed E-state index contributed by atoms with van der Waals surface area (Å²) in [4.78, 5) is 26.2. The summed E-state index contributed by atoms with van der Waals surface area (Å²) in [6, 6.07) is 2.13. The third kappa shape index (κ3) is 4.93. The monoisotopic (exact) mass is 346 g/mol. The topological polar surface area (TPSA) is 49.3 Å². The maximum atomic E-state index is 12.3. The lowest BCUT2D eigenvalue weighted by Gasteiger charge is -2.26. The Labute approximate surface area is 152 Å². The van der Waals surface area contributed by atoms with Crippen molar-refractivity contribution in [1.29, 1.82) is 0 Å². The molecule has 2 rings (SSSR count). The van der Waals surface area contributed by atoms with E-state index in [0.29, 0.717) is 5.92 Å². The highest BCUT2D eigenvalue weighted by molar-refractivity contribution is 5.78. The number of carbonyl (C=O) groups excluding carboxylic acids is 1. The second kappa shape index (κ2) is 7.71. The van der Waals surface area contributed by atoms with E-state index in [1.165, 1.54) is 0 Å². The van der Waals surface area contributed by atoms with E-state index in [9.17, 15) is 4.79 Å². The largest absolute Gasteiger partial charge is 0.355 e. The highest BCUT2D eigenvalue weighted by atomic mass is 16.2. The lowest BCUT2D eigenvalue weighted by atomic mass is 9.91. The van der Waals surface area contributed by atoms with Crippen molar-refractivity contribution in [3.63, 3.8) is 0 Å². The number of nitrogens with zero attached hydrogens (tertiary/aromatic N) is 4. The maximum Gasteiger partial charge on any atom is 0.225 e. The van der Waals surface area contributed by atoms with E-state index in [1.54, 1.807) is 0 Å². The molecular formula is C20H34N4O. The van der Waals surface area contributed by atoms with Crippen LogP contribution in [0.5, 0.6) is 0 Å². The molecule has 0 saturated carbocycles. The number of hydrogen-bond donors (Lipinski definition) is 0. The van der Waals surface area contributed by atoms with Gasteiger partial charge in [-0.15, -0.1) is 0 Å². The van der Waals surface area contributed by atoms with Crippen molar-refractivity contribution in [1.82, 2.24) is 14.9 Å². The molecule has 1 aromatic heterocycles. The lowest BCUT2D eigenvalue weighted by molar-refractivity contribution is -0.134. The minimum absolute atomic E-state index is 0.00712. The third-order valence-corrected chi connectivity index (χ3v) is 4.64. The van der Waals surface area contributed by atoms with Crippen molar-refractivity contribution in [3.8, 4) is 0 Å². The fraction of sp³-hybridized carbons (Fsp3) is 0.750. The molecule has 0 bridgehead atoms. The lowest BCUT2D eigenvalue weighted by Crippen LogP contribution is -2.37. The van der Waals surface area contributed by atoms with Gasteiger partial charge in [0.25, 0.3) is 0 Å². The molecule has 0 unspecified atom stereocenters. The first-order valence-electron chi connectivity index (χ1n) is 9.52. The van der Waals surface area contributed by atoms with Crippen LogP contribution in [0.2, 0.25) is 0 Å². The Bertz CT molecular complexity index is 604. The minimum atomic E-state index is -0.00712. The predicted molar refractivity (Wildman–Crippen MR) is 103 cm³/mol. The van der Waals surface area contributed by atoms with Gasteiger partial charge in [0.15, 0.2) is 0 Å². The number of anilines is 1. The van der Waals surface area contributed by atoms with Gasteiger partial charge in [0.2, 0.25) is 5.91 Å². The first-order chi connectivity index (χ1) is 11.6. The van der Waals surface area contributed by atoms with Gasteiger partial charge in [-0.05, 0) is 6.42 Å². The van der Waals surface area contributed by atoms with Gasteiger partial charge in [0, 0.05) is 49.5 Å². The molecule has 0 radical (unpaired) electrons. The molecule has 1 amide bonds. The molecule has 5 heteroatoms. The normalized spacial score (nSPS) is 16.5. The molecule has 25 heavy (non-hydrogen) atoms. The fourth-order valence-corrected chi connectivity index (χ4v) is 2.99. The van der Waals surface area contributed by atoms with Crippen LogP contribution in [0.15, 0.2) is 6.07 Å². The Balaban J connectivity index is 2.26. The summed E-state index contributed by atoms with van der Waals surface area (Å²) < 4.78 is 0. The Morgan fingerprint density at radius 1 is 1.04 bits per heavy atom. The van der Waals surface area contributed by atoms with Crippen LogP contribution in [0.4, 0.5) is 5.82 Å². The van der Waals surface area contributed by atoms with Gasteiger partial charge in [-0.25, -0.2) is 9.97 Å². The molecule has 1 aromatic rings. The van der Waals surface area contributed by atoms with Crippen molar-refractivity contribution < 1.29 is 4.79 Å². The molecule has 1 aliphatic rings. The molecule has 1 saturated heterocycles. The van der Waals surface area contributed by atoms with Gasteiger partial charge in [-0.3, -0.25) is 4.79 Å². The molecule has 0 N–H and O–H groups in total. The minimum Gasteiger partial charge on any atom is -0.355 e. The van der Waals surface area contributed by atoms with Crippen molar-refractivity contribution >= 4 is 11.7 Å². The first-order valence-corrected chi connectivity index (χ1v) is 9.52. The van der Waals surface area contributed by atoms with E-state index >= 15 is 0 Å². The standard InChI is InChI=1S/C20H34N4O/c1-14(2)18-21-16(20(5,6)7)13-17(22-18)23-9-8-10-24(12-11-23)19(25)15(3)4/h13-15H,8-12H2,1-7H3. The summed E-state index contributed by atoms with van der Waals surface area (Å²) in [6.45, 7) is 18.1. The van der Waals surface area contributed by atoms with Crippen LogP contribution in [0.25, 0.3) is 0 Å². The molecule has 2 heterocycles. The van der Waals surface area contributed by atoms with Crippen LogP contribution < -0.4 is 4.90 Å². The van der Waals surface area contributed by atoms with Crippen LogP contribution in [0.3, 0.4) is 0 Å². The number of rotatable bonds is 3. The van der Waals surface area contributed by atoms with Crippen molar-refractivity contribution in [3.05, 3.63) is 17.6 Å². The smallest absolute Gasteiger partial charge is 0.225 e. The van der Waals surface area contributed by atoms with E-state index in [0.717, 1.165) is 49.9 Å². The molecule has 1 aliphatic heterocycles. The molecule has 140 valence electrons. The quantitative estimate of drug-likeness (QED) is 0.839. The van der Waals surface area contributed by atoms with E-state index < -0.39 is 0 Å². The summed E-state index contributed by atoms with van der Waals surface area (Å²) in [5.74, 6) is 2.52. The third-order valence-electron chi connectivity index (χ3n) is 4.64. The van der Waals surface area contributed by atoms with Crippen LogP contribution in [0.1, 0.15) is 72.3 Å². The number of aromatic nitrogens is 2. The van der Waals surface area contributed by atoms with Crippen molar-refractivity contribution in [2.75, 3.05) is 31.1 Å². The molecule has 0 aromatic carbocycles. The Morgan fingerprint density at radius 2 is 1.72 bits per heavy atom. The van der Waals surface area contributed by atoms with E-state index in [-0.39, 0.29) is 17.2 Å². The van der Waals surface area contributed by atoms with E-state index in [2.05, 4.69) is 45.6 Å². The molecule has 0 spiro atoms. The van der Waals surface area contributed by atoms with Gasteiger partial charge in [-0.2, -0.15) is 0 Å². The molecular weight excluding hydrogens is 312 g/mol. The van der Waals surface area contributed by atoms with Crippen molar-refractivity contribution in [2.24, 2.45) is 5.92 Å². The summed E-state index contributed by atoms with van der Waals surface area (Å²) >= 11 is 0. The van der Waals surface area contributed by atoms with Gasteiger partial charge in [0.05, 0.1) is 5.69 Å². The Morgan fingerprint density at radius 3 is 2.28 bits per heavy atom. The zero-order valence-corrected chi connectivity index (χ0v) is 17.0. The van der Waals surface area contributed by atoms with Gasteiger partial charge >= 0.3 is 0 Å². The number of hydrogen-bond acceptors (Lipinski definition) is 4. The molecule has 5 nitrogen and oxygen atoms in total. The van der Waals surface area contributed by atoms with Gasteiger partial charge in [0.1, 0.15) is 11.6 Å². The summed E-state index contributed by atoms with van der Waals surface area (Å²) in [5.41, 5.74) is 1.08. The SMILES string of the molecule is CC(C)C(=O)N1CCCN(c2cc(C(C)(C)C)nc(C(C)C)n2)CC1. The average molecular weight is 347 g/mol. The van der Waals surface area contributed by atoms with E-state index in [4.69, 9.17) is 9.97 Å². The summed E-state index contributed by atoms with van der Waals surface area (Å²) in [7, 11) is 0. The fourth-order valence-electron chi connectivity index (χ4n) is 2.99. The van der Waals surface area contributed by atoms with Crippen LogP contribution in [-0.4, -0.2) is 47.0 Å². The van der Waals surface area contributed by atoms with Gasteiger partial charge < -0.3 is 9.80 Å². The van der Waals surface area contributed by atoms with Gasteiger partial charge in [-0.1, -0.05) is 48.5 Å². The highest BCUT2D eigenvalue weighted by Crippen LogP contribution is 2.26. The molecule has 1 fully saturated rings. The van der Waals surface area contributed by atoms with Crippen LogP contribution >= 0.6 is 0 Å². The van der Waals surface area contributed by atoms with Crippen molar-refractivity contribution in [2.45, 2.75) is 66.2 Å². The highest BCUT2D eigenvalue weighted by Gasteiger charge is 2.24. The average Bonchev–Trinajstić information content (AvgIpc) is 2.78. The Kier molecular flexibility index (Phi) is 6.07. The zero-order valence-electron chi connectivity index (χ0n) is 17.0. The first kappa shape index (κ1) is 19.7. The number of carbonyl (C=O) groups is 1. The Hall–Kier alpha value is -1.65.